The maximum Gasteiger partial charge on any atom is 0.339 e. The van der Waals surface area contributed by atoms with E-state index >= 15 is 0 Å². The third-order valence-electron chi connectivity index (χ3n) is 4.34. The average Bonchev–Trinajstić information content (AvgIpc) is 2.67. The first kappa shape index (κ1) is 15.6. The molecule has 5 heteroatoms. The molecular formula is C16H23NO4. The SMILES string of the molecule is Cc1oc(CN2CCC(C(C)C)CCC2=O)cc1C(=O)O. The summed E-state index contributed by atoms with van der Waals surface area (Å²) < 4.78 is 5.47. The Morgan fingerprint density at radius 3 is 2.76 bits per heavy atom. The molecule has 0 bridgehead atoms. The minimum absolute atomic E-state index is 0.129. The fourth-order valence-electron chi connectivity index (χ4n) is 2.91. The average molecular weight is 293 g/mol. The molecule has 116 valence electrons. The second-order valence-electron chi connectivity index (χ2n) is 6.13. The minimum Gasteiger partial charge on any atom is -0.478 e. The lowest BCUT2D eigenvalue weighted by Gasteiger charge is -2.20. The van der Waals surface area contributed by atoms with Crippen molar-refractivity contribution in [3.8, 4) is 0 Å². The predicted octanol–water partition coefficient (Wildman–Crippen LogP) is 3.07. The number of likely N-dealkylation sites (tertiary alicyclic amines) is 1. The zero-order valence-corrected chi connectivity index (χ0v) is 12.9. The lowest BCUT2D eigenvalue weighted by Crippen LogP contribution is -2.29. The number of hydrogen-bond donors (Lipinski definition) is 1. The summed E-state index contributed by atoms with van der Waals surface area (Å²) in [5.41, 5.74) is 0.173. The fourth-order valence-corrected chi connectivity index (χ4v) is 2.91. The molecule has 0 aliphatic carbocycles. The summed E-state index contributed by atoms with van der Waals surface area (Å²) in [4.78, 5) is 25.0. The Morgan fingerprint density at radius 2 is 2.19 bits per heavy atom. The van der Waals surface area contributed by atoms with Crippen LogP contribution < -0.4 is 0 Å². The first-order valence-electron chi connectivity index (χ1n) is 7.49. The molecule has 1 amide bonds. The van der Waals surface area contributed by atoms with Gasteiger partial charge in [0.1, 0.15) is 17.1 Å². The molecule has 1 fully saturated rings. The molecule has 5 nitrogen and oxygen atoms in total. The molecule has 1 aromatic rings. The highest BCUT2D eigenvalue weighted by Crippen LogP contribution is 2.26. The van der Waals surface area contributed by atoms with Gasteiger partial charge in [-0.25, -0.2) is 4.79 Å². The summed E-state index contributed by atoms with van der Waals surface area (Å²) >= 11 is 0. The van der Waals surface area contributed by atoms with Crippen LogP contribution in [0.2, 0.25) is 0 Å². The van der Waals surface area contributed by atoms with Crippen molar-refractivity contribution in [1.82, 2.24) is 4.90 Å². The van der Waals surface area contributed by atoms with Gasteiger partial charge < -0.3 is 14.4 Å². The normalized spacial score (nSPS) is 19.9. The van der Waals surface area contributed by atoms with E-state index in [1.54, 1.807) is 11.8 Å². The smallest absolute Gasteiger partial charge is 0.339 e. The largest absolute Gasteiger partial charge is 0.478 e. The minimum atomic E-state index is -0.996. The van der Waals surface area contributed by atoms with E-state index in [1.165, 1.54) is 6.07 Å². The van der Waals surface area contributed by atoms with Gasteiger partial charge in [-0.3, -0.25) is 4.79 Å². The van der Waals surface area contributed by atoms with Crippen LogP contribution in [0.3, 0.4) is 0 Å². The molecule has 1 atom stereocenters. The van der Waals surface area contributed by atoms with Gasteiger partial charge in [-0.2, -0.15) is 0 Å². The van der Waals surface area contributed by atoms with E-state index in [4.69, 9.17) is 9.52 Å². The second kappa shape index (κ2) is 6.33. The summed E-state index contributed by atoms with van der Waals surface area (Å²) in [5, 5.41) is 9.04. The molecule has 2 rings (SSSR count). The number of carboxylic acid groups (broad SMARTS) is 1. The lowest BCUT2D eigenvalue weighted by atomic mass is 9.89. The highest BCUT2D eigenvalue weighted by molar-refractivity contribution is 5.88. The summed E-state index contributed by atoms with van der Waals surface area (Å²) in [6.07, 6.45) is 2.49. The molecule has 1 aliphatic rings. The molecule has 0 spiro atoms. The van der Waals surface area contributed by atoms with E-state index in [-0.39, 0.29) is 11.5 Å². The standard InChI is InChI=1S/C16H23NO4/c1-10(2)12-4-5-15(18)17(7-6-12)9-13-8-14(16(19)20)11(3)21-13/h8,10,12H,4-7,9H2,1-3H3,(H,19,20). The highest BCUT2D eigenvalue weighted by atomic mass is 16.4. The van der Waals surface area contributed by atoms with Gasteiger partial charge >= 0.3 is 5.97 Å². The monoisotopic (exact) mass is 293 g/mol. The van der Waals surface area contributed by atoms with Crippen LogP contribution in [-0.4, -0.2) is 28.4 Å². The van der Waals surface area contributed by atoms with Crippen molar-refractivity contribution in [3.63, 3.8) is 0 Å². The number of carbonyl (C=O) groups excluding carboxylic acids is 1. The molecule has 0 saturated carbocycles. The summed E-state index contributed by atoms with van der Waals surface area (Å²) in [6, 6.07) is 1.52. The third kappa shape index (κ3) is 3.65. The number of amides is 1. The zero-order valence-electron chi connectivity index (χ0n) is 12.9. The molecular weight excluding hydrogens is 270 g/mol. The van der Waals surface area contributed by atoms with Gasteiger partial charge in [-0.15, -0.1) is 0 Å². The number of carboxylic acids is 1. The first-order valence-corrected chi connectivity index (χ1v) is 7.49. The molecule has 1 aliphatic heterocycles. The van der Waals surface area contributed by atoms with Gasteiger partial charge in [0, 0.05) is 13.0 Å². The van der Waals surface area contributed by atoms with E-state index in [0.29, 0.717) is 42.9 Å². The van der Waals surface area contributed by atoms with Gasteiger partial charge in [0.25, 0.3) is 0 Å². The maximum absolute atomic E-state index is 12.2. The lowest BCUT2D eigenvalue weighted by molar-refractivity contribution is -0.131. The Labute approximate surface area is 124 Å². The number of nitrogens with zero attached hydrogens (tertiary/aromatic N) is 1. The number of furan rings is 1. The molecule has 1 unspecified atom stereocenters. The number of rotatable bonds is 4. The zero-order chi connectivity index (χ0) is 15.6. The first-order chi connectivity index (χ1) is 9.88. The summed E-state index contributed by atoms with van der Waals surface area (Å²) in [5.74, 6) is 1.23. The molecule has 1 aromatic heterocycles. The van der Waals surface area contributed by atoms with Crippen molar-refractivity contribution >= 4 is 11.9 Å². The predicted molar refractivity (Wildman–Crippen MR) is 78.0 cm³/mol. The van der Waals surface area contributed by atoms with E-state index in [2.05, 4.69) is 13.8 Å². The number of carbonyl (C=O) groups is 2. The summed E-state index contributed by atoms with van der Waals surface area (Å²) in [6.45, 7) is 7.09. The summed E-state index contributed by atoms with van der Waals surface area (Å²) in [7, 11) is 0. The van der Waals surface area contributed by atoms with Crippen molar-refractivity contribution in [3.05, 3.63) is 23.2 Å². The van der Waals surface area contributed by atoms with Crippen molar-refractivity contribution in [1.29, 1.82) is 0 Å². The Morgan fingerprint density at radius 1 is 1.48 bits per heavy atom. The Hall–Kier alpha value is -1.78. The number of hydrogen-bond acceptors (Lipinski definition) is 3. The van der Waals surface area contributed by atoms with Crippen molar-refractivity contribution < 1.29 is 19.1 Å². The van der Waals surface area contributed by atoms with Gasteiger partial charge in [0.05, 0.1) is 6.54 Å². The van der Waals surface area contributed by atoms with Crippen LogP contribution in [-0.2, 0) is 11.3 Å². The number of aryl methyl sites for hydroxylation is 1. The Kier molecular flexibility index (Phi) is 4.70. The molecule has 1 N–H and O–H groups in total. The molecule has 2 heterocycles. The van der Waals surface area contributed by atoms with Crippen LogP contribution in [0.15, 0.2) is 10.5 Å². The van der Waals surface area contributed by atoms with E-state index in [0.717, 1.165) is 12.8 Å². The van der Waals surface area contributed by atoms with E-state index in [9.17, 15) is 9.59 Å². The topological polar surface area (TPSA) is 70.8 Å². The van der Waals surface area contributed by atoms with Gasteiger partial charge in [0.15, 0.2) is 0 Å². The van der Waals surface area contributed by atoms with Crippen molar-refractivity contribution in [2.75, 3.05) is 6.54 Å². The molecule has 0 aromatic carbocycles. The van der Waals surface area contributed by atoms with Crippen molar-refractivity contribution in [2.24, 2.45) is 11.8 Å². The number of aromatic carboxylic acids is 1. The van der Waals surface area contributed by atoms with Crippen LogP contribution in [0.25, 0.3) is 0 Å². The van der Waals surface area contributed by atoms with Crippen LogP contribution in [0.1, 0.15) is 55.0 Å². The van der Waals surface area contributed by atoms with Gasteiger partial charge in [-0.1, -0.05) is 13.8 Å². The quantitative estimate of drug-likeness (QED) is 0.926. The van der Waals surface area contributed by atoms with Crippen LogP contribution in [0.4, 0.5) is 0 Å². The molecule has 21 heavy (non-hydrogen) atoms. The highest BCUT2D eigenvalue weighted by Gasteiger charge is 2.25. The molecule has 1 saturated heterocycles. The second-order valence-corrected chi connectivity index (χ2v) is 6.13. The molecule has 0 radical (unpaired) electrons. The van der Waals surface area contributed by atoms with Crippen LogP contribution >= 0.6 is 0 Å². The van der Waals surface area contributed by atoms with Crippen LogP contribution in [0.5, 0.6) is 0 Å². The third-order valence-corrected chi connectivity index (χ3v) is 4.34. The van der Waals surface area contributed by atoms with E-state index in [1.807, 2.05) is 0 Å². The maximum atomic E-state index is 12.2. The van der Waals surface area contributed by atoms with Gasteiger partial charge in [-0.05, 0) is 37.7 Å². The Bertz CT molecular complexity index is 532. The van der Waals surface area contributed by atoms with E-state index < -0.39 is 5.97 Å². The Balaban J connectivity index is 2.06. The van der Waals surface area contributed by atoms with Crippen molar-refractivity contribution in [2.45, 2.75) is 46.6 Å². The fraction of sp³-hybridized carbons (Fsp3) is 0.625. The van der Waals surface area contributed by atoms with Crippen LogP contribution in [0, 0.1) is 18.8 Å². The van der Waals surface area contributed by atoms with Gasteiger partial charge in [0.2, 0.25) is 5.91 Å².